The van der Waals surface area contributed by atoms with Gasteiger partial charge in [0.15, 0.2) is 5.78 Å². The molecule has 2 N–H and O–H groups in total. The molecule has 1 saturated heterocycles. The molecule has 142 valence electrons. The van der Waals surface area contributed by atoms with Crippen LogP contribution in [0.3, 0.4) is 0 Å². The van der Waals surface area contributed by atoms with Gasteiger partial charge in [0, 0.05) is 31.1 Å². The second-order valence-electron chi connectivity index (χ2n) is 6.31. The van der Waals surface area contributed by atoms with Crippen molar-refractivity contribution < 1.29 is 17.9 Å². The number of carbonyl (C=O) groups is 1. The molecule has 8 heteroatoms. The summed E-state index contributed by atoms with van der Waals surface area (Å²) in [5, 5.41) is 3.28. The number of hydrogen-bond acceptors (Lipinski definition) is 5. The molecule has 0 bridgehead atoms. The van der Waals surface area contributed by atoms with Crippen molar-refractivity contribution in [1.82, 2.24) is 10.0 Å². The molecule has 25 heavy (non-hydrogen) atoms. The van der Waals surface area contributed by atoms with Crippen LogP contribution in [0.2, 0.25) is 0 Å². The SMILES string of the molecule is CCC(=O)c1cccc(S(=O)(=O)NCC2(COC)CCNCC2)c1.Cl. The van der Waals surface area contributed by atoms with Crippen molar-refractivity contribution in [3.8, 4) is 0 Å². The Kier molecular flexibility index (Phi) is 8.50. The summed E-state index contributed by atoms with van der Waals surface area (Å²) in [4.78, 5) is 11.9. The molecular formula is C17H27ClN2O4S. The number of halogens is 1. The second-order valence-corrected chi connectivity index (χ2v) is 8.08. The number of hydrogen-bond donors (Lipinski definition) is 2. The van der Waals surface area contributed by atoms with E-state index in [-0.39, 0.29) is 28.5 Å². The van der Waals surface area contributed by atoms with E-state index in [1.54, 1.807) is 26.2 Å². The lowest BCUT2D eigenvalue weighted by Gasteiger charge is -2.37. The average Bonchev–Trinajstić information content (AvgIpc) is 2.61. The van der Waals surface area contributed by atoms with Crippen LogP contribution in [0.1, 0.15) is 36.5 Å². The van der Waals surface area contributed by atoms with E-state index in [9.17, 15) is 13.2 Å². The summed E-state index contributed by atoms with van der Waals surface area (Å²) in [6, 6.07) is 6.21. The molecule has 2 rings (SSSR count). The average molecular weight is 391 g/mol. The van der Waals surface area contributed by atoms with Gasteiger partial charge >= 0.3 is 0 Å². The Morgan fingerprint density at radius 3 is 2.60 bits per heavy atom. The summed E-state index contributed by atoms with van der Waals surface area (Å²) in [5.74, 6) is -0.0683. The number of benzene rings is 1. The third-order valence-corrected chi connectivity index (χ3v) is 5.94. The Morgan fingerprint density at radius 1 is 1.32 bits per heavy atom. The Morgan fingerprint density at radius 2 is 2.00 bits per heavy atom. The van der Waals surface area contributed by atoms with Crippen LogP contribution in [0.4, 0.5) is 0 Å². The molecular weight excluding hydrogens is 364 g/mol. The second kappa shape index (κ2) is 9.64. The summed E-state index contributed by atoms with van der Waals surface area (Å²) in [6.45, 7) is 4.31. The topological polar surface area (TPSA) is 84.5 Å². The van der Waals surface area contributed by atoms with Crippen LogP contribution in [-0.4, -0.2) is 47.6 Å². The molecule has 0 aromatic heterocycles. The minimum absolute atomic E-state index is 0. The number of sulfonamides is 1. The summed E-state index contributed by atoms with van der Waals surface area (Å²) in [5.41, 5.74) is 0.234. The lowest BCUT2D eigenvalue weighted by Crippen LogP contribution is -2.47. The molecule has 6 nitrogen and oxygen atoms in total. The molecule has 0 radical (unpaired) electrons. The normalized spacial score (nSPS) is 16.9. The lowest BCUT2D eigenvalue weighted by molar-refractivity contribution is 0.0577. The van der Waals surface area contributed by atoms with Gasteiger partial charge in [-0.25, -0.2) is 13.1 Å². The van der Waals surface area contributed by atoms with E-state index in [0.29, 0.717) is 25.1 Å². The maximum Gasteiger partial charge on any atom is 0.240 e. The Bertz CT molecular complexity index is 667. The van der Waals surface area contributed by atoms with E-state index in [4.69, 9.17) is 4.74 Å². The first kappa shape index (κ1) is 22.1. The standard InChI is InChI=1S/C17H26N2O4S.ClH/c1-3-16(20)14-5-4-6-15(11-14)24(21,22)19-12-17(13-23-2)7-9-18-10-8-17;/h4-6,11,18-19H,3,7-10,12-13H2,1-2H3;1H. The van der Waals surface area contributed by atoms with Crippen LogP contribution in [0, 0.1) is 5.41 Å². The van der Waals surface area contributed by atoms with Gasteiger partial charge in [-0.3, -0.25) is 4.79 Å². The lowest BCUT2D eigenvalue weighted by atomic mass is 9.80. The summed E-state index contributed by atoms with van der Waals surface area (Å²) in [7, 11) is -2.02. The van der Waals surface area contributed by atoms with Gasteiger partial charge in [0.1, 0.15) is 0 Å². The molecule has 0 saturated carbocycles. The predicted molar refractivity (Wildman–Crippen MR) is 99.9 cm³/mol. The van der Waals surface area contributed by atoms with E-state index in [1.165, 1.54) is 12.1 Å². The van der Waals surface area contributed by atoms with Crippen LogP contribution in [0.25, 0.3) is 0 Å². The van der Waals surface area contributed by atoms with Crippen molar-refractivity contribution in [3.05, 3.63) is 29.8 Å². The molecule has 0 amide bonds. The number of ketones is 1. The van der Waals surface area contributed by atoms with Crippen molar-refractivity contribution in [3.63, 3.8) is 0 Å². The largest absolute Gasteiger partial charge is 0.384 e. The van der Waals surface area contributed by atoms with E-state index < -0.39 is 10.0 Å². The zero-order chi connectivity index (χ0) is 17.6. The highest BCUT2D eigenvalue weighted by molar-refractivity contribution is 7.89. The minimum atomic E-state index is -3.66. The van der Waals surface area contributed by atoms with E-state index in [2.05, 4.69) is 10.0 Å². The Labute approximate surface area is 156 Å². The number of piperidine rings is 1. The third-order valence-electron chi connectivity index (χ3n) is 4.54. The van der Waals surface area contributed by atoms with Crippen molar-refractivity contribution in [2.24, 2.45) is 5.41 Å². The summed E-state index contributed by atoms with van der Waals surface area (Å²) < 4.78 is 33.2. The zero-order valence-electron chi connectivity index (χ0n) is 14.7. The van der Waals surface area contributed by atoms with Gasteiger partial charge in [0.2, 0.25) is 10.0 Å². The molecule has 1 heterocycles. The van der Waals surface area contributed by atoms with Gasteiger partial charge in [0.25, 0.3) is 0 Å². The van der Waals surface area contributed by atoms with Gasteiger partial charge in [-0.1, -0.05) is 19.1 Å². The highest BCUT2D eigenvalue weighted by atomic mass is 35.5. The highest BCUT2D eigenvalue weighted by Gasteiger charge is 2.33. The van der Waals surface area contributed by atoms with Gasteiger partial charge in [-0.2, -0.15) is 0 Å². The first-order valence-corrected chi connectivity index (χ1v) is 9.73. The first-order chi connectivity index (χ1) is 11.4. The van der Waals surface area contributed by atoms with Crippen LogP contribution < -0.4 is 10.0 Å². The number of carbonyl (C=O) groups excluding carboxylic acids is 1. The maximum atomic E-state index is 12.6. The Hall–Kier alpha value is -0.990. The number of rotatable bonds is 8. The van der Waals surface area contributed by atoms with Crippen molar-refractivity contribution in [1.29, 1.82) is 0 Å². The van der Waals surface area contributed by atoms with Gasteiger partial charge in [0.05, 0.1) is 11.5 Å². The zero-order valence-corrected chi connectivity index (χ0v) is 16.3. The fraction of sp³-hybridized carbons (Fsp3) is 0.588. The molecule has 0 spiro atoms. The smallest absolute Gasteiger partial charge is 0.240 e. The molecule has 0 unspecified atom stereocenters. The van der Waals surface area contributed by atoms with Crippen LogP contribution in [0.15, 0.2) is 29.2 Å². The molecule has 0 atom stereocenters. The predicted octanol–water partition coefficient (Wildman–Crippen LogP) is 2.00. The molecule has 1 aliphatic rings. The van der Waals surface area contributed by atoms with Crippen molar-refractivity contribution in [2.45, 2.75) is 31.1 Å². The number of Topliss-reactive ketones (excluding diaryl/α,β-unsaturated/α-hetero) is 1. The molecule has 1 aliphatic heterocycles. The Balaban J connectivity index is 0.00000312. The molecule has 0 aliphatic carbocycles. The van der Waals surface area contributed by atoms with E-state index in [1.807, 2.05) is 0 Å². The minimum Gasteiger partial charge on any atom is -0.384 e. The van der Waals surface area contributed by atoms with Gasteiger partial charge in [-0.15, -0.1) is 12.4 Å². The quantitative estimate of drug-likeness (QED) is 0.663. The third kappa shape index (κ3) is 5.76. The molecule has 1 aromatic carbocycles. The fourth-order valence-corrected chi connectivity index (χ4v) is 4.21. The van der Waals surface area contributed by atoms with Gasteiger partial charge < -0.3 is 10.1 Å². The summed E-state index contributed by atoms with van der Waals surface area (Å²) >= 11 is 0. The molecule has 1 aromatic rings. The monoisotopic (exact) mass is 390 g/mol. The van der Waals surface area contributed by atoms with E-state index in [0.717, 1.165) is 25.9 Å². The highest BCUT2D eigenvalue weighted by Crippen LogP contribution is 2.29. The fourth-order valence-electron chi connectivity index (χ4n) is 3.01. The van der Waals surface area contributed by atoms with Crippen LogP contribution >= 0.6 is 12.4 Å². The first-order valence-electron chi connectivity index (χ1n) is 8.25. The number of ether oxygens (including phenoxy) is 1. The van der Waals surface area contributed by atoms with E-state index >= 15 is 0 Å². The van der Waals surface area contributed by atoms with Crippen LogP contribution in [-0.2, 0) is 14.8 Å². The van der Waals surface area contributed by atoms with Gasteiger partial charge in [-0.05, 0) is 38.1 Å². The number of nitrogens with one attached hydrogen (secondary N) is 2. The molecule has 1 fully saturated rings. The van der Waals surface area contributed by atoms with Crippen molar-refractivity contribution >= 4 is 28.2 Å². The van der Waals surface area contributed by atoms with Crippen LogP contribution in [0.5, 0.6) is 0 Å². The summed E-state index contributed by atoms with van der Waals surface area (Å²) in [6.07, 6.45) is 2.07. The van der Waals surface area contributed by atoms with Crippen molar-refractivity contribution in [2.75, 3.05) is 33.4 Å². The number of methoxy groups -OCH3 is 1. The maximum absolute atomic E-state index is 12.6.